The third kappa shape index (κ3) is 4.50. The summed E-state index contributed by atoms with van der Waals surface area (Å²) in [5.41, 5.74) is 2.01. The molecule has 20 heavy (non-hydrogen) atoms. The summed E-state index contributed by atoms with van der Waals surface area (Å²) in [6, 6.07) is 13.9. The van der Waals surface area contributed by atoms with Crippen LogP contribution in [0.1, 0.15) is 24.8 Å². The van der Waals surface area contributed by atoms with Crippen LogP contribution in [0.25, 0.3) is 0 Å². The number of hydrogen-bond acceptors (Lipinski definition) is 1. The van der Waals surface area contributed by atoms with Crippen LogP contribution in [0.5, 0.6) is 0 Å². The number of aromatic nitrogens is 1. The minimum Gasteiger partial charge on any atom is -0.326 e. The molecule has 0 bridgehead atoms. The molecule has 2 aromatic rings. The number of benzene rings is 1. The van der Waals surface area contributed by atoms with Crippen LogP contribution < -0.4 is 9.88 Å². The molecule has 0 atom stereocenters. The third-order valence-corrected chi connectivity index (χ3v) is 3.27. The van der Waals surface area contributed by atoms with E-state index >= 15 is 0 Å². The van der Waals surface area contributed by atoms with E-state index in [1.165, 1.54) is 0 Å². The summed E-state index contributed by atoms with van der Waals surface area (Å²) in [5, 5.41) is 2.96. The van der Waals surface area contributed by atoms with Gasteiger partial charge in [0.2, 0.25) is 5.91 Å². The molecule has 0 saturated carbocycles. The number of nitrogens with one attached hydrogen (secondary N) is 1. The molecule has 1 aromatic heterocycles. The van der Waals surface area contributed by atoms with Crippen molar-refractivity contribution in [3.05, 3.63) is 60.4 Å². The van der Waals surface area contributed by atoms with Crippen LogP contribution in [0.15, 0.2) is 54.9 Å². The number of unbranched alkanes of at least 4 members (excludes halogenated alkanes) is 1. The minimum atomic E-state index is 0.0948. The molecule has 0 aliphatic rings. The Labute approximate surface area is 120 Å². The Morgan fingerprint density at radius 3 is 2.55 bits per heavy atom. The summed E-state index contributed by atoms with van der Waals surface area (Å²) in [5.74, 6) is 0.0948. The zero-order valence-corrected chi connectivity index (χ0v) is 11.9. The van der Waals surface area contributed by atoms with Gasteiger partial charge in [-0.15, -0.1) is 0 Å². The Morgan fingerprint density at radius 1 is 1.05 bits per heavy atom. The van der Waals surface area contributed by atoms with Crippen molar-refractivity contribution in [2.45, 2.75) is 32.7 Å². The van der Waals surface area contributed by atoms with Crippen LogP contribution in [0, 0.1) is 6.92 Å². The molecular weight excluding hydrogens is 248 g/mol. The van der Waals surface area contributed by atoms with Crippen molar-refractivity contribution in [1.82, 2.24) is 0 Å². The zero-order valence-electron chi connectivity index (χ0n) is 11.9. The van der Waals surface area contributed by atoms with E-state index in [0.717, 1.165) is 30.6 Å². The van der Waals surface area contributed by atoms with E-state index in [4.69, 9.17) is 0 Å². The monoisotopic (exact) mass is 269 g/mol. The average molecular weight is 269 g/mol. The van der Waals surface area contributed by atoms with Crippen molar-refractivity contribution in [2.24, 2.45) is 0 Å². The highest BCUT2D eigenvalue weighted by molar-refractivity contribution is 5.91. The minimum absolute atomic E-state index is 0.0948. The summed E-state index contributed by atoms with van der Waals surface area (Å²) in [4.78, 5) is 11.9. The van der Waals surface area contributed by atoms with E-state index in [2.05, 4.69) is 9.88 Å². The third-order valence-electron chi connectivity index (χ3n) is 3.27. The number of carbonyl (C=O) groups excluding carboxylic acids is 1. The predicted molar refractivity (Wildman–Crippen MR) is 80.3 cm³/mol. The number of aryl methyl sites for hydroxylation is 2. The maximum Gasteiger partial charge on any atom is 0.224 e. The molecule has 0 radical (unpaired) electrons. The molecule has 1 N–H and O–H groups in total. The first kappa shape index (κ1) is 14.3. The van der Waals surface area contributed by atoms with Gasteiger partial charge in [-0.3, -0.25) is 4.79 Å². The lowest BCUT2D eigenvalue weighted by Gasteiger charge is -2.07. The lowest BCUT2D eigenvalue weighted by molar-refractivity contribution is -0.697. The van der Waals surface area contributed by atoms with Gasteiger partial charge in [0.25, 0.3) is 0 Å². The predicted octanol–water partition coefficient (Wildman–Crippen LogP) is 3.09. The second-order valence-electron chi connectivity index (χ2n) is 4.93. The molecule has 0 fully saturated rings. The highest BCUT2D eigenvalue weighted by Gasteiger charge is 2.05. The molecule has 1 amide bonds. The van der Waals surface area contributed by atoms with Crippen LogP contribution >= 0.6 is 0 Å². The lowest BCUT2D eigenvalue weighted by Crippen LogP contribution is -2.32. The average Bonchev–Trinajstić information content (AvgIpc) is 2.47. The van der Waals surface area contributed by atoms with E-state index in [1.54, 1.807) is 0 Å². The van der Waals surface area contributed by atoms with Gasteiger partial charge >= 0.3 is 0 Å². The number of rotatable bonds is 6. The molecule has 0 spiro atoms. The molecule has 104 valence electrons. The van der Waals surface area contributed by atoms with Crippen LogP contribution in [-0.4, -0.2) is 5.91 Å². The van der Waals surface area contributed by atoms with Crippen LogP contribution in [0.4, 0.5) is 5.69 Å². The van der Waals surface area contributed by atoms with Crippen molar-refractivity contribution in [1.29, 1.82) is 0 Å². The number of pyridine rings is 1. The first-order chi connectivity index (χ1) is 9.75. The summed E-state index contributed by atoms with van der Waals surface area (Å²) in [7, 11) is 0. The van der Waals surface area contributed by atoms with E-state index in [-0.39, 0.29) is 5.91 Å². The summed E-state index contributed by atoms with van der Waals surface area (Å²) >= 11 is 0. The largest absolute Gasteiger partial charge is 0.326 e. The molecule has 0 unspecified atom stereocenters. The fraction of sp³-hybridized carbons (Fsp3) is 0.294. The quantitative estimate of drug-likeness (QED) is 0.634. The van der Waals surface area contributed by atoms with Crippen molar-refractivity contribution in [2.75, 3.05) is 5.32 Å². The topological polar surface area (TPSA) is 33.0 Å². The molecule has 1 heterocycles. The first-order valence-corrected chi connectivity index (χ1v) is 7.05. The molecule has 1 aromatic carbocycles. The van der Waals surface area contributed by atoms with Crippen LogP contribution in [0.2, 0.25) is 0 Å². The number of para-hydroxylation sites is 1. The Bertz CT molecular complexity index is 552. The van der Waals surface area contributed by atoms with Gasteiger partial charge < -0.3 is 5.32 Å². The molecule has 0 aliphatic heterocycles. The van der Waals surface area contributed by atoms with Gasteiger partial charge in [-0.05, 0) is 25.0 Å². The van der Waals surface area contributed by atoms with Gasteiger partial charge in [0.15, 0.2) is 12.4 Å². The number of hydrogen-bond donors (Lipinski definition) is 1. The SMILES string of the molecule is Cc1ccccc1NC(=O)CCCC[n+]1ccccc1. The molecule has 2 rings (SSSR count). The summed E-state index contributed by atoms with van der Waals surface area (Å²) in [6.07, 6.45) is 6.58. The van der Waals surface area contributed by atoms with E-state index < -0.39 is 0 Å². The number of carbonyl (C=O) groups is 1. The highest BCUT2D eigenvalue weighted by Crippen LogP contribution is 2.13. The summed E-state index contributed by atoms with van der Waals surface area (Å²) < 4.78 is 2.14. The molecule has 0 saturated heterocycles. The van der Waals surface area contributed by atoms with Crippen LogP contribution in [0.3, 0.4) is 0 Å². The fourth-order valence-corrected chi connectivity index (χ4v) is 2.09. The number of anilines is 1. The summed E-state index contributed by atoms with van der Waals surface area (Å²) in [6.45, 7) is 2.96. The van der Waals surface area contributed by atoms with Gasteiger partial charge in [0.05, 0.1) is 0 Å². The number of amides is 1. The van der Waals surface area contributed by atoms with E-state index in [1.807, 2.05) is 61.8 Å². The molecular formula is C17H21N2O+. The Kier molecular flexibility index (Phi) is 5.30. The van der Waals surface area contributed by atoms with Crippen molar-refractivity contribution in [3.63, 3.8) is 0 Å². The molecule has 3 nitrogen and oxygen atoms in total. The van der Waals surface area contributed by atoms with Gasteiger partial charge in [-0.1, -0.05) is 24.3 Å². The maximum absolute atomic E-state index is 11.9. The Hall–Kier alpha value is -2.16. The smallest absolute Gasteiger partial charge is 0.224 e. The van der Waals surface area contributed by atoms with Gasteiger partial charge in [0.1, 0.15) is 6.54 Å². The molecule has 0 aliphatic carbocycles. The standard InChI is InChI=1S/C17H20N2O/c1-15-9-3-4-10-16(15)18-17(20)11-5-8-14-19-12-6-2-7-13-19/h2-4,6-7,9-10,12-13H,5,8,11,14H2,1H3/p+1. The second kappa shape index (κ2) is 7.43. The second-order valence-corrected chi connectivity index (χ2v) is 4.93. The normalized spacial score (nSPS) is 10.2. The maximum atomic E-state index is 11.9. The van der Waals surface area contributed by atoms with Gasteiger partial charge in [-0.25, -0.2) is 4.57 Å². The number of nitrogens with zero attached hydrogens (tertiary/aromatic N) is 1. The highest BCUT2D eigenvalue weighted by atomic mass is 16.1. The van der Waals surface area contributed by atoms with Crippen molar-refractivity contribution in [3.8, 4) is 0 Å². The Morgan fingerprint density at radius 2 is 1.80 bits per heavy atom. The Balaban J connectivity index is 1.69. The lowest BCUT2D eigenvalue weighted by atomic mass is 10.2. The van der Waals surface area contributed by atoms with Gasteiger partial charge in [-0.2, -0.15) is 0 Å². The fourth-order valence-electron chi connectivity index (χ4n) is 2.09. The van der Waals surface area contributed by atoms with Crippen molar-refractivity contribution >= 4 is 11.6 Å². The zero-order chi connectivity index (χ0) is 14.2. The molecule has 3 heteroatoms. The van der Waals surface area contributed by atoms with Crippen molar-refractivity contribution < 1.29 is 9.36 Å². The van der Waals surface area contributed by atoms with Gasteiger partial charge in [0, 0.05) is 30.7 Å². The van der Waals surface area contributed by atoms with E-state index in [9.17, 15) is 4.79 Å². The van der Waals surface area contributed by atoms with Crippen LogP contribution in [-0.2, 0) is 11.3 Å². The first-order valence-electron chi connectivity index (χ1n) is 7.05. The van der Waals surface area contributed by atoms with E-state index in [0.29, 0.717) is 6.42 Å².